The van der Waals surface area contributed by atoms with Gasteiger partial charge in [-0.25, -0.2) is 0 Å². The highest BCUT2D eigenvalue weighted by atomic mass is 16.5. The lowest BCUT2D eigenvalue weighted by Gasteiger charge is -2.19. The molecular weight excluding hydrogens is 200 g/mol. The lowest BCUT2D eigenvalue weighted by atomic mass is 9.83. The molecule has 82 valence electrons. The van der Waals surface area contributed by atoms with Crippen molar-refractivity contribution in [1.29, 1.82) is 0 Å². The van der Waals surface area contributed by atoms with Crippen molar-refractivity contribution in [1.82, 2.24) is 0 Å². The summed E-state index contributed by atoms with van der Waals surface area (Å²) in [5.74, 6) is -3.00. The Hall–Kier alpha value is -1.36. The first kappa shape index (κ1) is 10.2. The first-order valence-electron chi connectivity index (χ1n) is 4.88. The molecule has 0 aromatic carbocycles. The van der Waals surface area contributed by atoms with Gasteiger partial charge in [-0.1, -0.05) is 12.2 Å². The van der Waals surface area contributed by atoms with E-state index in [0.29, 0.717) is 0 Å². The van der Waals surface area contributed by atoms with Gasteiger partial charge in [0.05, 0.1) is 18.8 Å². The molecule has 0 amide bonds. The highest BCUT2D eigenvalue weighted by Gasteiger charge is 2.53. The van der Waals surface area contributed by atoms with Crippen molar-refractivity contribution in [2.75, 3.05) is 6.61 Å². The summed E-state index contributed by atoms with van der Waals surface area (Å²) in [4.78, 5) is 22.5. The summed E-state index contributed by atoms with van der Waals surface area (Å²) < 4.78 is 10.2. The van der Waals surface area contributed by atoms with Crippen LogP contribution in [0.15, 0.2) is 12.2 Å². The smallest absolute Gasteiger partial charge is 0.312 e. The number of rotatable bonds is 3. The summed E-state index contributed by atoms with van der Waals surface area (Å²) in [5.41, 5.74) is 0. The van der Waals surface area contributed by atoms with Crippen molar-refractivity contribution >= 4 is 11.9 Å². The predicted molar refractivity (Wildman–Crippen MR) is 49.0 cm³/mol. The molecule has 2 aliphatic heterocycles. The van der Waals surface area contributed by atoms with Gasteiger partial charge in [-0.05, 0) is 6.92 Å². The monoisotopic (exact) mass is 212 g/mol. The number of aliphatic carboxylic acids is 1. The zero-order valence-electron chi connectivity index (χ0n) is 8.25. The zero-order chi connectivity index (χ0) is 11.0. The van der Waals surface area contributed by atoms with E-state index in [0.717, 1.165) is 0 Å². The van der Waals surface area contributed by atoms with Crippen LogP contribution in [0.2, 0.25) is 0 Å². The summed E-state index contributed by atoms with van der Waals surface area (Å²) in [6, 6.07) is 0. The summed E-state index contributed by atoms with van der Waals surface area (Å²) in [6.45, 7) is 1.94. The summed E-state index contributed by atoms with van der Waals surface area (Å²) in [7, 11) is 0. The van der Waals surface area contributed by atoms with E-state index in [-0.39, 0.29) is 6.61 Å². The van der Waals surface area contributed by atoms with E-state index in [1.54, 1.807) is 19.1 Å². The summed E-state index contributed by atoms with van der Waals surface area (Å²) in [6.07, 6.45) is 2.50. The largest absolute Gasteiger partial charge is 0.481 e. The Bertz CT molecular complexity index is 322. The van der Waals surface area contributed by atoms with E-state index in [9.17, 15) is 9.59 Å². The van der Waals surface area contributed by atoms with Gasteiger partial charge in [0, 0.05) is 0 Å². The number of carboxylic acid groups (broad SMARTS) is 1. The highest BCUT2D eigenvalue weighted by Crippen LogP contribution is 2.39. The molecule has 0 saturated carbocycles. The van der Waals surface area contributed by atoms with Gasteiger partial charge in [0.15, 0.2) is 0 Å². The molecule has 5 nitrogen and oxygen atoms in total. The fourth-order valence-electron chi connectivity index (χ4n) is 2.12. The van der Waals surface area contributed by atoms with Crippen LogP contribution in [0.4, 0.5) is 0 Å². The minimum Gasteiger partial charge on any atom is -0.481 e. The van der Waals surface area contributed by atoms with Gasteiger partial charge in [-0.15, -0.1) is 0 Å². The minimum atomic E-state index is -1.01. The molecule has 5 heteroatoms. The molecule has 0 spiro atoms. The van der Waals surface area contributed by atoms with Crippen molar-refractivity contribution < 1.29 is 24.2 Å². The van der Waals surface area contributed by atoms with Crippen LogP contribution in [0.3, 0.4) is 0 Å². The fourth-order valence-corrected chi connectivity index (χ4v) is 2.12. The number of carboxylic acids is 1. The third-order valence-electron chi connectivity index (χ3n) is 2.74. The van der Waals surface area contributed by atoms with Crippen LogP contribution in [0.25, 0.3) is 0 Å². The van der Waals surface area contributed by atoms with Gasteiger partial charge in [0.25, 0.3) is 0 Å². The van der Waals surface area contributed by atoms with Crippen molar-refractivity contribution in [3.63, 3.8) is 0 Å². The third-order valence-corrected chi connectivity index (χ3v) is 2.74. The Labute approximate surface area is 86.7 Å². The number of fused-ring (bicyclic) bond motifs is 2. The molecule has 2 bridgehead atoms. The van der Waals surface area contributed by atoms with E-state index in [1.807, 2.05) is 0 Å². The Morgan fingerprint density at radius 2 is 1.93 bits per heavy atom. The lowest BCUT2D eigenvalue weighted by molar-refractivity contribution is -0.156. The Morgan fingerprint density at radius 3 is 2.47 bits per heavy atom. The minimum absolute atomic E-state index is 0.253. The van der Waals surface area contributed by atoms with Gasteiger partial charge in [-0.2, -0.15) is 0 Å². The first-order chi connectivity index (χ1) is 7.15. The summed E-state index contributed by atoms with van der Waals surface area (Å²) >= 11 is 0. The third kappa shape index (κ3) is 1.52. The van der Waals surface area contributed by atoms with E-state index >= 15 is 0 Å². The molecule has 0 aliphatic carbocycles. The predicted octanol–water partition coefficient (Wildman–Crippen LogP) is 0.204. The van der Waals surface area contributed by atoms with Crippen molar-refractivity contribution in [2.24, 2.45) is 11.8 Å². The maximum absolute atomic E-state index is 11.6. The summed E-state index contributed by atoms with van der Waals surface area (Å²) in [5, 5.41) is 9.00. The second-order valence-electron chi connectivity index (χ2n) is 3.59. The van der Waals surface area contributed by atoms with E-state index in [2.05, 4.69) is 0 Å². The van der Waals surface area contributed by atoms with Gasteiger partial charge in [0.2, 0.25) is 0 Å². The van der Waals surface area contributed by atoms with Gasteiger partial charge in [-0.3, -0.25) is 9.59 Å². The maximum atomic E-state index is 11.6. The number of hydrogen-bond acceptors (Lipinski definition) is 4. The molecule has 1 saturated heterocycles. The molecule has 15 heavy (non-hydrogen) atoms. The lowest BCUT2D eigenvalue weighted by Crippen LogP contribution is -2.37. The maximum Gasteiger partial charge on any atom is 0.312 e. The topological polar surface area (TPSA) is 72.8 Å². The molecule has 4 atom stereocenters. The first-order valence-corrected chi connectivity index (χ1v) is 4.88. The number of ether oxygens (including phenoxy) is 2. The molecule has 1 fully saturated rings. The van der Waals surface area contributed by atoms with Gasteiger partial charge < -0.3 is 14.6 Å². The second-order valence-corrected chi connectivity index (χ2v) is 3.59. The molecule has 2 unspecified atom stereocenters. The van der Waals surface area contributed by atoms with Crippen molar-refractivity contribution in [3.8, 4) is 0 Å². The van der Waals surface area contributed by atoms with Crippen LogP contribution in [-0.2, 0) is 19.1 Å². The molecule has 2 heterocycles. The molecule has 2 aliphatic rings. The molecule has 0 aromatic rings. The van der Waals surface area contributed by atoms with Crippen LogP contribution < -0.4 is 0 Å². The number of carbonyl (C=O) groups is 2. The van der Waals surface area contributed by atoms with Crippen LogP contribution in [-0.4, -0.2) is 35.9 Å². The Balaban J connectivity index is 2.19. The SMILES string of the molecule is CCOC(=O)[C@H]1C2C=CC(O2)[C@H]1C(=O)O. The highest BCUT2D eigenvalue weighted by molar-refractivity contribution is 5.84. The molecular formula is C10H12O5. The van der Waals surface area contributed by atoms with E-state index in [1.165, 1.54) is 0 Å². The van der Waals surface area contributed by atoms with Crippen molar-refractivity contribution in [3.05, 3.63) is 12.2 Å². The van der Waals surface area contributed by atoms with E-state index < -0.39 is 36.0 Å². The second kappa shape index (κ2) is 3.66. The molecule has 2 rings (SSSR count). The van der Waals surface area contributed by atoms with Gasteiger partial charge in [0.1, 0.15) is 11.8 Å². The van der Waals surface area contributed by atoms with Crippen LogP contribution >= 0.6 is 0 Å². The molecule has 0 radical (unpaired) electrons. The van der Waals surface area contributed by atoms with Crippen LogP contribution in [0.1, 0.15) is 6.92 Å². The van der Waals surface area contributed by atoms with Gasteiger partial charge >= 0.3 is 11.9 Å². The average Bonchev–Trinajstić information content (AvgIpc) is 2.76. The van der Waals surface area contributed by atoms with E-state index in [4.69, 9.17) is 14.6 Å². The van der Waals surface area contributed by atoms with Crippen LogP contribution in [0.5, 0.6) is 0 Å². The number of esters is 1. The van der Waals surface area contributed by atoms with Crippen LogP contribution in [0, 0.1) is 11.8 Å². The Kier molecular flexibility index (Phi) is 2.48. The molecule has 1 N–H and O–H groups in total. The zero-order valence-corrected chi connectivity index (χ0v) is 8.25. The normalized spacial score (nSPS) is 36.9. The number of carbonyl (C=O) groups excluding carboxylic acids is 1. The Morgan fingerprint density at radius 1 is 1.33 bits per heavy atom. The van der Waals surface area contributed by atoms with Crippen molar-refractivity contribution in [2.45, 2.75) is 19.1 Å². The average molecular weight is 212 g/mol. The fraction of sp³-hybridized carbons (Fsp3) is 0.600. The molecule has 0 aromatic heterocycles. The number of hydrogen-bond donors (Lipinski definition) is 1. The quantitative estimate of drug-likeness (QED) is 0.534. The standard InChI is InChI=1S/C10H12O5/c1-2-14-10(13)8-6-4-3-5(15-6)7(8)9(11)12/h3-8H,2H2,1H3,(H,11,12)/t5?,6?,7-,8+/m1/s1.